The molecule has 1 aliphatic rings. The van der Waals surface area contributed by atoms with Gasteiger partial charge in [0.1, 0.15) is 0 Å². The van der Waals surface area contributed by atoms with E-state index in [2.05, 4.69) is 24.4 Å². The average Bonchev–Trinajstić information content (AvgIpc) is 2.79. The number of amides is 1. The van der Waals surface area contributed by atoms with Gasteiger partial charge in [-0.3, -0.25) is 9.59 Å². The topological polar surface area (TPSA) is 82.5 Å². The highest BCUT2D eigenvalue weighted by Gasteiger charge is 2.18. The second-order valence-electron chi connectivity index (χ2n) is 7.77. The van der Waals surface area contributed by atoms with Gasteiger partial charge in [-0.1, -0.05) is 54.4 Å². The van der Waals surface area contributed by atoms with E-state index < -0.39 is 5.97 Å². The lowest BCUT2D eigenvalue weighted by Crippen LogP contribution is -2.46. The molecule has 3 aromatic rings. The van der Waals surface area contributed by atoms with Gasteiger partial charge in [0.25, 0.3) is 5.91 Å². The third-order valence-electron chi connectivity index (χ3n) is 5.22. The van der Waals surface area contributed by atoms with Gasteiger partial charge in [0.05, 0.1) is 16.2 Å². The summed E-state index contributed by atoms with van der Waals surface area (Å²) in [5.74, 6) is -0.662. The molecule has 2 N–H and O–H groups in total. The molecule has 0 saturated carbocycles. The maximum atomic E-state index is 12.8. The third-order valence-corrected chi connectivity index (χ3v) is 5.53. The molecule has 0 unspecified atom stereocenters. The minimum absolute atomic E-state index is 0.0482. The lowest BCUT2D eigenvalue weighted by molar-refractivity contribution is -0.137. The highest BCUT2D eigenvalue weighted by Crippen LogP contribution is 2.29. The number of carbonyl (C=O) groups is 2. The van der Waals surface area contributed by atoms with Crippen molar-refractivity contribution in [3.8, 4) is 11.3 Å². The van der Waals surface area contributed by atoms with Crippen molar-refractivity contribution in [1.29, 1.82) is 0 Å². The molecule has 1 fully saturated rings. The van der Waals surface area contributed by atoms with Crippen LogP contribution in [0, 0.1) is 6.92 Å². The van der Waals surface area contributed by atoms with Crippen LogP contribution in [0.25, 0.3) is 22.2 Å². The predicted octanol–water partition coefficient (Wildman–Crippen LogP) is 4.78. The normalized spacial score (nSPS) is 13.4. The summed E-state index contributed by atoms with van der Waals surface area (Å²) in [4.78, 5) is 29.0. The zero-order valence-corrected chi connectivity index (χ0v) is 19.2. The molecule has 0 atom stereocenters. The summed E-state index contributed by atoms with van der Waals surface area (Å²) in [5, 5.41) is 12.7. The minimum atomic E-state index is -0.711. The molecule has 6 nitrogen and oxygen atoms in total. The number of halogens is 1. The first-order valence-electron chi connectivity index (χ1n) is 10.8. The fourth-order valence-electron chi connectivity index (χ4n) is 3.46. The van der Waals surface area contributed by atoms with Crippen LogP contribution in [-0.2, 0) is 4.79 Å². The number of aliphatic carboxylic acids is 1. The number of rotatable bonds is 4. The van der Waals surface area contributed by atoms with Crippen LogP contribution in [0.2, 0.25) is 5.02 Å². The maximum Gasteiger partial charge on any atom is 0.303 e. The zero-order valence-electron chi connectivity index (χ0n) is 18.4. The summed E-state index contributed by atoms with van der Waals surface area (Å²) < 4.78 is 0. The number of carboxylic acid groups (broad SMARTS) is 1. The highest BCUT2D eigenvalue weighted by atomic mass is 35.5. The average molecular weight is 454 g/mol. The molecule has 2 heterocycles. The van der Waals surface area contributed by atoms with Crippen molar-refractivity contribution >= 4 is 34.4 Å². The summed E-state index contributed by atoms with van der Waals surface area (Å²) in [7, 11) is 0. The van der Waals surface area contributed by atoms with Crippen molar-refractivity contribution in [1.82, 2.24) is 15.2 Å². The Morgan fingerprint density at radius 1 is 1.09 bits per heavy atom. The quantitative estimate of drug-likeness (QED) is 0.594. The number of nitrogens with one attached hydrogen (secondary N) is 1. The summed E-state index contributed by atoms with van der Waals surface area (Å²) in [5.41, 5.74) is 4.43. The predicted molar refractivity (Wildman–Crippen MR) is 128 cm³/mol. The molecular weight excluding hydrogens is 426 g/mol. The fraction of sp³-hybridized carbons (Fsp3) is 0.320. The standard InChI is InChI=1S/C21H20ClN3O.C4H8O2/c1-14-2-4-15(5-3-14)19-13-18(22)17-7-6-16(12-20(17)24-19)21(26)25-10-8-23-9-11-25;1-2-3-4(5)6/h2-7,12-13,23H,8-11H2,1H3;2-3H2,1H3,(H,5,6). The number of aryl methyl sites for hydroxylation is 1. The van der Waals surface area contributed by atoms with Crippen LogP contribution >= 0.6 is 11.6 Å². The molecular formula is C25H28ClN3O3. The van der Waals surface area contributed by atoms with E-state index >= 15 is 0 Å². The van der Waals surface area contributed by atoms with Crippen LogP contribution in [0.1, 0.15) is 35.7 Å². The molecule has 0 spiro atoms. The molecule has 1 aromatic heterocycles. The SMILES string of the molecule is CCCC(=O)O.Cc1ccc(-c2cc(Cl)c3ccc(C(=O)N4CCNCC4)cc3n2)cc1. The molecule has 0 aliphatic carbocycles. The smallest absolute Gasteiger partial charge is 0.303 e. The molecule has 1 aliphatic heterocycles. The van der Waals surface area contributed by atoms with Gasteiger partial charge in [-0.2, -0.15) is 0 Å². The molecule has 0 bridgehead atoms. The van der Waals surface area contributed by atoms with Gasteiger partial charge in [-0.05, 0) is 31.5 Å². The van der Waals surface area contributed by atoms with E-state index in [4.69, 9.17) is 21.7 Å². The molecule has 2 aromatic carbocycles. The number of aromatic nitrogens is 1. The number of fused-ring (bicyclic) bond motifs is 1. The van der Waals surface area contributed by atoms with Gasteiger partial charge in [0.2, 0.25) is 0 Å². The lowest BCUT2D eigenvalue weighted by atomic mass is 10.1. The first-order chi connectivity index (χ1) is 15.4. The Labute approximate surface area is 193 Å². The molecule has 7 heteroatoms. The summed E-state index contributed by atoms with van der Waals surface area (Å²) in [6.45, 7) is 7.03. The van der Waals surface area contributed by atoms with Crippen molar-refractivity contribution < 1.29 is 14.7 Å². The number of hydrogen-bond donors (Lipinski definition) is 2. The Bertz CT molecular complexity index is 1090. The van der Waals surface area contributed by atoms with Gasteiger partial charge in [0, 0.05) is 49.1 Å². The molecule has 1 saturated heterocycles. The second-order valence-corrected chi connectivity index (χ2v) is 8.18. The van der Waals surface area contributed by atoms with E-state index in [0.29, 0.717) is 17.0 Å². The van der Waals surface area contributed by atoms with Crippen molar-refractivity contribution in [3.63, 3.8) is 0 Å². The summed E-state index contributed by atoms with van der Waals surface area (Å²) in [6, 6.07) is 15.6. The van der Waals surface area contributed by atoms with Gasteiger partial charge in [-0.25, -0.2) is 4.98 Å². The van der Waals surface area contributed by atoms with Gasteiger partial charge < -0.3 is 15.3 Å². The zero-order chi connectivity index (χ0) is 23.1. The van der Waals surface area contributed by atoms with E-state index in [1.165, 1.54) is 5.56 Å². The van der Waals surface area contributed by atoms with Crippen molar-refractivity contribution in [3.05, 3.63) is 64.7 Å². The minimum Gasteiger partial charge on any atom is -0.481 e. The van der Waals surface area contributed by atoms with Crippen molar-refractivity contribution in [2.45, 2.75) is 26.7 Å². The van der Waals surface area contributed by atoms with Crippen molar-refractivity contribution in [2.24, 2.45) is 0 Å². The van der Waals surface area contributed by atoms with Gasteiger partial charge in [0.15, 0.2) is 0 Å². The van der Waals surface area contributed by atoms with Crippen LogP contribution in [0.4, 0.5) is 0 Å². The lowest BCUT2D eigenvalue weighted by Gasteiger charge is -2.27. The van der Waals surface area contributed by atoms with E-state index in [1.54, 1.807) is 0 Å². The first kappa shape index (κ1) is 23.7. The van der Waals surface area contributed by atoms with Crippen molar-refractivity contribution in [2.75, 3.05) is 26.2 Å². The van der Waals surface area contributed by atoms with Crippen LogP contribution in [0.3, 0.4) is 0 Å². The van der Waals surface area contributed by atoms with Crippen LogP contribution in [0.5, 0.6) is 0 Å². The van der Waals surface area contributed by atoms with Crippen LogP contribution in [0.15, 0.2) is 48.5 Å². The van der Waals surface area contributed by atoms with Gasteiger partial charge >= 0.3 is 5.97 Å². The van der Waals surface area contributed by atoms with Crippen LogP contribution in [-0.4, -0.2) is 53.0 Å². The Kier molecular flexibility index (Phi) is 8.20. The number of hydrogen-bond acceptors (Lipinski definition) is 4. The molecule has 0 radical (unpaired) electrons. The molecule has 4 rings (SSSR count). The molecule has 32 heavy (non-hydrogen) atoms. The Balaban J connectivity index is 0.000000427. The number of carbonyl (C=O) groups excluding carboxylic acids is 1. The molecule has 168 valence electrons. The summed E-state index contributed by atoms with van der Waals surface area (Å²) in [6.07, 6.45) is 1.02. The largest absolute Gasteiger partial charge is 0.481 e. The monoisotopic (exact) mass is 453 g/mol. The van der Waals surface area contributed by atoms with Crippen LogP contribution < -0.4 is 5.32 Å². The second kappa shape index (κ2) is 11.1. The summed E-state index contributed by atoms with van der Waals surface area (Å²) >= 11 is 6.48. The van der Waals surface area contributed by atoms with E-state index in [0.717, 1.165) is 54.8 Å². The number of pyridine rings is 1. The number of piperazine rings is 1. The first-order valence-corrected chi connectivity index (χ1v) is 11.2. The molecule has 1 amide bonds. The number of nitrogens with zero attached hydrogens (tertiary/aromatic N) is 2. The Morgan fingerprint density at radius 3 is 2.38 bits per heavy atom. The van der Waals surface area contributed by atoms with E-state index in [-0.39, 0.29) is 5.91 Å². The number of carboxylic acids is 1. The number of benzene rings is 2. The van der Waals surface area contributed by atoms with E-state index in [1.807, 2.05) is 48.2 Å². The Hall–Kier alpha value is -2.96. The fourth-order valence-corrected chi connectivity index (χ4v) is 3.72. The highest BCUT2D eigenvalue weighted by molar-refractivity contribution is 6.35. The third kappa shape index (κ3) is 6.05. The van der Waals surface area contributed by atoms with Gasteiger partial charge in [-0.15, -0.1) is 0 Å². The van der Waals surface area contributed by atoms with E-state index in [9.17, 15) is 9.59 Å². The Morgan fingerprint density at radius 2 is 1.78 bits per heavy atom. The maximum absolute atomic E-state index is 12.8.